The summed E-state index contributed by atoms with van der Waals surface area (Å²) in [4.78, 5) is 11.4. The summed E-state index contributed by atoms with van der Waals surface area (Å²) in [5.41, 5.74) is -0.913. The van der Waals surface area contributed by atoms with Gasteiger partial charge in [0, 0.05) is 6.42 Å². The molecule has 5 heteroatoms. The standard InChI is InChI=1S/C13H21F3O2/c1-2-10-5-3-6-12(9-10,11(17)18)7-4-8-13(14,15)16/h10H,2-9H2,1H3,(H,17,18). The first-order valence-electron chi connectivity index (χ1n) is 6.59. The summed E-state index contributed by atoms with van der Waals surface area (Å²) in [5.74, 6) is -0.566. The second kappa shape index (κ2) is 5.93. The highest BCUT2D eigenvalue weighted by Crippen LogP contribution is 2.45. The largest absolute Gasteiger partial charge is 0.481 e. The minimum atomic E-state index is -4.18. The van der Waals surface area contributed by atoms with Gasteiger partial charge in [0.15, 0.2) is 0 Å². The van der Waals surface area contributed by atoms with Gasteiger partial charge in [-0.2, -0.15) is 13.2 Å². The first-order valence-corrected chi connectivity index (χ1v) is 6.59. The number of halogens is 3. The zero-order valence-corrected chi connectivity index (χ0v) is 10.7. The zero-order chi connectivity index (χ0) is 13.8. The van der Waals surface area contributed by atoms with E-state index < -0.39 is 24.0 Å². The van der Waals surface area contributed by atoms with Gasteiger partial charge in [-0.15, -0.1) is 0 Å². The van der Waals surface area contributed by atoms with Crippen LogP contribution in [-0.2, 0) is 4.79 Å². The van der Waals surface area contributed by atoms with Gasteiger partial charge in [-0.3, -0.25) is 4.79 Å². The van der Waals surface area contributed by atoms with Gasteiger partial charge in [-0.25, -0.2) is 0 Å². The third-order valence-corrected chi connectivity index (χ3v) is 4.09. The Kier molecular flexibility index (Phi) is 5.05. The molecule has 0 spiro atoms. The molecule has 2 nitrogen and oxygen atoms in total. The topological polar surface area (TPSA) is 37.3 Å². The maximum absolute atomic E-state index is 12.1. The normalized spacial score (nSPS) is 29.2. The molecule has 0 amide bonds. The zero-order valence-electron chi connectivity index (χ0n) is 10.7. The van der Waals surface area contributed by atoms with Gasteiger partial charge in [-0.1, -0.05) is 26.2 Å². The van der Waals surface area contributed by atoms with Gasteiger partial charge in [0.1, 0.15) is 0 Å². The molecule has 2 unspecified atom stereocenters. The Morgan fingerprint density at radius 1 is 1.44 bits per heavy atom. The van der Waals surface area contributed by atoms with E-state index in [2.05, 4.69) is 0 Å². The van der Waals surface area contributed by atoms with Crippen molar-refractivity contribution in [3.8, 4) is 0 Å². The van der Waals surface area contributed by atoms with E-state index in [1.165, 1.54) is 0 Å². The van der Waals surface area contributed by atoms with E-state index in [1.807, 2.05) is 6.92 Å². The summed E-state index contributed by atoms with van der Waals surface area (Å²) in [6, 6.07) is 0. The Bertz CT molecular complexity index is 288. The van der Waals surface area contributed by atoms with Gasteiger partial charge < -0.3 is 5.11 Å². The Labute approximate surface area is 106 Å². The van der Waals surface area contributed by atoms with Crippen molar-refractivity contribution in [1.29, 1.82) is 0 Å². The fourth-order valence-electron chi connectivity index (χ4n) is 2.99. The van der Waals surface area contributed by atoms with Crippen molar-refractivity contribution < 1.29 is 23.1 Å². The number of hydrogen-bond acceptors (Lipinski definition) is 1. The molecule has 0 radical (unpaired) electrons. The van der Waals surface area contributed by atoms with Gasteiger partial charge >= 0.3 is 12.1 Å². The van der Waals surface area contributed by atoms with Crippen molar-refractivity contribution in [2.75, 3.05) is 0 Å². The van der Waals surface area contributed by atoms with E-state index in [9.17, 15) is 23.1 Å². The molecule has 0 heterocycles. The SMILES string of the molecule is CCC1CCCC(CCCC(F)(F)F)(C(=O)O)C1. The Morgan fingerprint density at radius 2 is 2.11 bits per heavy atom. The van der Waals surface area contributed by atoms with Crippen molar-refractivity contribution in [2.45, 2.75) is 64.5 Å². The van der Waals surface area contributed by atoms with Crippen LogP contribution in [-0.4, -0.2) is 17.3 Å². The van der Waals surface area contributed by atoms with E-state index in [0.717, 1.165) is 19.3 Å². The van der Waals surface area contributed by atoms with Gasteiger partial charge in [-0.05, 0) is 31.6 Å². The lowest BCUT2D eigenvalue weighted by Gasteiger charge is -2.37. The average molecular weight is 266 g/mol. The number of rotatable bonds is 5. The molecule has 0 aromatic rings. The molecule has 0 aromatic carbocycles. The molecule has 2 atom stereocenters. The molecule has 1 aliphatic rings. The fraction of sp³-hybridized carbons (Fsp3) is 0.923. The van der Waals surface area contributed by atoms with Crippen molar-refractivity contribution in [3.05, 3.63) is 0 Å². The summed E-state index contributed by atoms with van der Waals surface area (Å²) < 4.78 is 36.4. The molecule has 0 aliphatic heterocycles. The molecular weight excluding hydrogens is 245 g/mol. The quantitative estimate of drug-likeness (QED) is 0.801. The molecule has 0 aromatic heterocycles. The molecule has 1 rings (SSSR count). The van der Waals surface area contributed by atoms with Crippen LogP contribution in [0.3, 0.4) is 0 Å². The number of aliphatic carboxylic acids is 1. The van der Waals surface area contributed by atoms with Crippen LogP contribution in [0.4, 0.5) is 13.2 Å². The number of carbonyl (C=O) groups is 1. The highest BCUT2D eigenvalue weighted by molar-refractivity contribution is 5.74. The minimum absolute atomic E-state index is 0.0771. The van der Waals surface area contributed by atoms with Crippen LogP contribution in [0.2, 0.25) is 0 Å². The molecule has 1 N–H and O–H groups in total. The summed E-state index contributed by atoms with van der Waals surface area (Å²) >= 11 is 0. The lowest BCUT2D eigenvalue weighted by atomic mass is 9.66. The number of hydrogen-bond donors (Lipinski definition) is 1. The summed E-state index contributed by atoms with van der Waals surface area (Å²) in [6.45, 7) is 2.01. The summed E-state index contributed by atoms with van der Waals surface area (Å²) in [6.07, 6.45) is -1.19. The van der Waals surface area contributed by atoms with Crippen molar-refractivity contribution in [1.82, 2.24) is 0 Å². The number of alkyl halides is 3. The Morgan fingerprint density at radius 3 is 2.61 bits per heavy atom. The third-order valence-electron chi connectivity index (χ3n) is 4.09. The lowest BCUT2D eigenvalue weighted by molar-refractivity contribution is -0.156. The summed E-state index contributed by atoms with van der Waals surface area (Å²) in [5, 5.41) is 9.35. The highest BCUT2D eigenvalue weighted by Gasteiger charge is 2.42. The maximum Gasteiger partial charge on any atom is 0.389 e. The average Bonchev–Trinajstić information content (AvgIpc) is 2.27. The van der Waals surface area contributed by atoms with E-state index in [4.69, 9.17) is 0 Å². The molecule has 1 saturated carbocycles. The monoisotopic (exact) mass is 266 g/mol. The fourth-order valence-corrected chi connectivity index (χ4v) is 2.99. The van der Waals surface area contributed by atoms with Crippen LogP contribution in [0.5, 0.6) is 0 Å². The first kappa shape index (κ1) is 15.3. The molecular formula is C13H21F3O2. The molecule has 106 valence electrons. The molecule has 0 bridgehead atoms. The number of carboxylic acids is 1. The molecule has 1 fully saturated rings. The molecule has 1 aliphatic carbocycles. The van der Waals surface area contributed by atoms with E-state index >= 15 is 0 Å². The first-order chi connectivity index (χ1) is 8.29. The van der Waals surface area contributed by atoms with Gasteiger partial charge in [0.05, 0.1) is 5.41 Å². The van der Waals surface area contributed by atoms with Crippen molar-refractivity contribution >= 4 is 5.97 Å². The van der Waals surface area contributed by atoms with E-state index in [1.54, 1.807) is 0 Å². The van der Waals surface area contributed by atoms with Crippen LogP contribution in [0.1, 0.15) is 58.3 Å². The molecule has 0 saturated heterocycles. The molecule has 18 heavy (non-hydrogen) atoms. The third kappa shape index (κ3) is 4.18. The minimum Gasteiger partial charge on any atom is -0.481 e. The second-order valence-electron chi connectivity index (χ2n) is 5.42. The maximum atomic E-state index is 12.1. The predicted octanol–water partition coefficient (Wildman–Crippen LogP) is 4.39. The lowest BCUT2D eigenvalue weighted by Crippen LogP contribution is -2.36. The smallest absolute Gasteiger partial charge is 0.389 e. The van der Waals surface area contributed by atoms with Gasteiger partial charge in [0.2, 0.25) is 0 Å². The van der Waals surface area contributed by atoms with E-state index in [-0.39, 0.29) is 12.8 Å². The van der Waals surface area contributed by atoms with Crippen LogP contribution >= 0.6 is 0 Å². The predicted molar refractivity (Wildman–Crippen MR) is 62.2 cm³/mol. The van der Waals surface area contributed by atoms with Crippen molar-refractivity contribution in [3.63, 3.8) is 0 Å². The van der Waals surface area contributed by atoms with Crippen LogP contribution < -0.4 is 0 Å². The van der Waals surface area contributed by atoms with Crippen molar-refractivity contribution in [2.24, 2.45) is 11.3 Å². The summed E-state index contributed by atoms with van der Waals surface area (Å²) in [7, 11) is 0. The Balaban J connectivity index is 2.60. The van der Waals surface area contributed by atoms with Crippen LogP contribution in [0, 0.1) is 11.3 Å². The van der Waals surface area contributed by atoms with Crippen LogP contribution in [0.25, 0.3) is 0 Å². The number of carboxylic acid groups (broad SMARTS) is 1. The second-order valence-corrected chi connectivity index (χ2v) is 5.42. The highest BCUT2D eigenvalue weighted by atomic mass is 19.4. The van der Waals surface area contributed by atoms with Gasteiger partial charge in [0.25, 0.3) is 0 Å². The van der Waals surface area contributed by atoms with Crippen LogP contribution in [0.15, 0.2) is 0 Å². The Hall–Kier alpha value is -0.740. The van der Waals surface area contributed by atoms with E-state index in [0.29, 0.717) is 18.8 Å².